The summed E-state index contributed by atoms with van der Waals surface area (Å²) in [5.74, 6) is 6.62. The van der Waals surface area contributed by atoms with E-state index >= 15 is 0 Å². The number of furan rings is 1. The van der Waals surface area contributed by atoms with Crippen molar-refractivity contribution >= 4 is 11.0 Å². The Labute approximate surface area is 178 Å². The average Bonchev–Trinajstić information content (AvgIpc) is 3.24. The van der Waals surface area contributed by atoms with E-state index in [1.54, 1.807) is 6.26 Å². The minimum absolute atomic E-state index is 0.331. The minimum atomic E-state index is 0.331. The molecule has 2 aromatic carbocycles. The molecule has 4 heteroatoms. The van der Waals surface area contributed by atoms with E-state index in [-0.39, 0.29) is 0 Å². The Morgan fingerprint density at radius 2 is 2.03 bits per heavy atom. The van der Waals surface area contributed by atoms with E-state index in [1.165, 1.54) is 22.2 Å². The highest BCUT2D eigenvalue weighted by Gasteiger charge is 2.29. The van der Waals surface area contributed by atoms with Crippen LogP contribution in [0.1, 0.15) is 17.5 Å². The third-order valence-corrected chi connectivity index (χ3v) is 6.19. The van der Waals surface area contributed by atoms with Crippen LogP contribution < -0.4 is 5.32 Å². The van der Waals surface area contributed by atoms with E-state index in [2.05, 4.69) is 64.3 Å². The lowest BCUT2D eigenvalue weighted by Gasteiger charge is -2.43. The largest absolute Gasteiger partial charge is 0.464 e. The predicted octanol–water partition coefficient (Wildman–Crippen LogP) is 3.85. The van der Waals surface area contributed by atoms with Crippen LogP contribution in [0.3, 0.4) is 0 Å². The molecular weight excluding hydrogens is 370 g/mol. The van der Waals surface area contributed by atoms with Crippen LogP contribution in [0, 0.1) is 11.8 Å². The van der Waals surface area contributed by atoms with Crippen molar-refractivity contribution in [3.05, 3.63) is 83.3 Å². The number of benzene rings is 2. The van der Waals surface area contributed by atoms with Crippen LogP contribution in [-0.2, 0) is 6.42 Å². The summed E-state index contributed by atoms with van der Waals surface area (Å²) < 4.78 is 5.47. The molecule has 0 fully saturated rings. The van der Waals surface area contributed by atoms with Gasteiger partial charge in [-0.25, -0.2) is 0 Å². The molecule has 2 aliphatic rings. The molecule has 30 heavy (non-hydrogen) atoms. The van der Waals surface area contributed by atoms with Crippen LogP contribution in [0.25, 0.3) is 11.0 Å². The van der Waals surface area contributed by atoms with Gasteiger partial charge in [-0.15, -0.1) is 0 Å². The molecule has 0 spiro atoms. The first-order valence-electron chi connectivity index (χ1n) is 10.7. The van der Waals surface area contributed by atoms with Gasteiger partial charge >= 0.3 is 0 Å². The van der Waals surface area contributed by atoms with Gasteiger partial charge in [-0.1, -0.05) is 36.1 Å². The molecule has 0 amide bonds. The van der Waals surface area contributed by atoms with Crippen LogP contribution in [0.4, 0.5) is 0 Å². The van der Waals surface area contributed by atoms with Crippen LogP contribution >= 0.6 is 0 Å². The van der Waals surface area contributed by atoms with Crippen molar-refractivity contribution in [1.82, 2.24) is 15.1 Å². The molecule has 0 saturated heterocycles. The number of fused-ring (bicyclic) bond motifs is 1. The van der Waals surface area contributed by atoms with Gasteiger partial charge in [0.2, 0.25) is 0 Å². The Balaban J connectivity index is 1.22. The average molecular weight is 398 g/mol. The highest BCUT2D eigenvalue weighted by atomic mass is 16.3. The van der Waals surface area contributed by atoms with Crippen molar-refractivity contribution in [2.45, 2.75) is 19.0 Å². The highest BCUT2D eigenvalue weighted by Crippen LogP contribution is 2.26. The fraction of sp³-hybridized carbons (Fsp3) is 0.308. The van der Waals surface area contributed by atoms with Gasteiger partial charge in [-0.2, -0.15) is 0 Å². The molecule has 152 valence electrons. The van der Waals surface area contributed by atoms with Crippen molar-refractivity contribution in [2.75, 3.05) is 33.2 Å². The van der Waals surface area contributed by atoms with Gasteiger partial charge in [0.15, 0.2) is 0 Å². The molecule has 0 aliphatic carbocycles. The SMILES string of the molecule is CN1C2=C(CNC1Cc1ccc3occc3c1)CN(CC#Cc1ccccc1)CC2. The first-order valence-corrected chi connectivity index (χ1v) is 10.7. The summed E-state index contributed by atoms with van der Waals surface area (Å²) in [4.78, 5) is 4.91. The van der Waals surface area contributed by atoms with E-state index in [1.807, 2.05) is 24.3 Å². The van der Waals surface area contributed by atoms with E-state index in [9.17, 15) is 0 Å². The number of nitrogens with zero attached hydrogens (tertiary/aromatic N) is 2. The van der Waals surface area contributed by atoms with Gasteiger partial charge in [0.25, 0.3) is 0 Å². The van der Waals surface area contributed by atoms with Crippen LogP contribution in [0.2, 0.25) is 0 Å². The Bertz CT molecular complexity index is 1120. The van der Waals surface area contributed by atoms with Crippen molar-refractivity contribution in [3.63, 3.8) is 0 Å². The quantitative estimate of drug-likeness (QED) is 0.681. The Morgan fingerprint density at radius 1 is 1.13 bits per heavy atom. The number of likely N-dealkylation sites (N-methyl/N-ethyl adjacent to an activating group) is 1. The summed E-state index contributed by atoms with van der Waals surface area (Å²) in [6.45, 7) is 3.86. The van der Waals surface area contributed by atoms with Gasteiger partial charge in [0.05, 0.1) is 19.0 Å². The molecule has 2 aliphatic heterocycles. The van der Waals surface area contributed by atoms with E-state index in [0.717, 1.165) is 50.2 Å². The normalized spacial score (nSPS) is 19.5. The maximum Gasteiger partial charge on any atom is 0.133 e. The Morgan fingerprint density at radius 3 is 2.93 bits per heavy atom. The molecule has 5 rings (SSSR count). The summed E-state index contributed by atoms with van der Waals surface area (Å²) in [5, 5.41) is 4.92. The van der Waals surface area contributed by atoms with Crippen molar-refractivity contribution in [1.29, 1.82) is 0 Å². The lowest BCUT2D eigenvalue weighted by molar-refractivity contribution is 0.193. The molecule has 0 radical (unpaired) electrons. The second kappa shape index (κ2) is 8.39. The fourth-order valence-corrected chi connectivity index (χ4v) is 4.52. The zero-order valence-electron chi connectivity index (χ0n) is 17.4. The Kier molecular flexibility index (Phi) is 5.31. The summed E-state index contributed by atoms with van der Waals surface area (Å²) in [5.41, 5.74) is 6.40. The molecule has 3 aromatic rings. The molecule has 4 nitrogen and oxygen atoms in total. The van der Waals surface area contributed by atoms with Gasteiger partial charge in [0.1, 0.15) is 5.58 Å². The number of rotatable bonds is 3. The molecule has 0 bridgehead atoms. The first-order chi connectivity index (χ1) is 14.8. The van der Waals surface area contributed by atoms with Crippen LogP contribution in [0.5, 0.6) is 0 Å². The van der Waals surface area contributed by atoms with Crippen molar-refractivity contribution in [2.24, 2.45) is 0 Å². The van der Waals surface area contributed by atoms with Gasteiger partial charge < -0.3 is 9.32 Å². The van der Waals surface area contributed by atoms with Gasteiger partial charge in [-0.05, 0) is 41.5 Å². The minimum Gasteiger partial charge on any atom is -0.464 e. The summed E-state index contributed by atoms with van der Waals surface area (Å²) in [6, 6.07) is 18.8. The van der Waals surface area contributed by atoms with Gasteiger partial charge in [0, 0.05) is 56.2 Å². The molecule has 1 atom stereocenters. The highest BCUT2D eigenvalue weighted by molar-refractivity contribution is 5.77. The van der Waals surface area contributed by atoms with E-state index < -0.39 is 0 Å². The zero-order valence-corrected chi connectivity index (χ0v) is 17.4. The number of hydrogen-bond acceptors (Lipinski definition) is 4. The van der Waals surface area contributed by atoms with Crippen LogP contribution in [0.15, 0.2) is 76.5 Å². The second-order valence-electron chi connectivity index (χ2n) is 8.18. The van der Waals surface area contributed by atoms with Crippen molar-refractivity contribution in [3.8, 4) is 11.8 Å². The molecule has 1 N–H and O–H groups in total. The summed E-state index contributed by atoms with van der Waals surface area (Å²) in [6.07, 6.45) is 4.17. The standard InChI is InChI=1S/C26H27N3O/c1-28-24-11-14-29(13-5-8-20-6-3-2-4-7-20)19-23(24)18-27-26(28)17-21-9-10-25-22(16-21)12-15-30-25/h2-4,6-7,9-10,12,15-16,26-27H,11,13-14,17-19H2,1H3. The topological polar surface area (TPSA) is 31.6 Å². The zero-order chi connectivity index (χ0) is 20.3. The number of hydrogen-bond donors (Lipinski definition) is 1. The summed E-state index contributed by atoms with van der Waals surface area (Å²) >= 11 is 0. The maximum atomic E-state index is 5.47. The third-order valence-electron chi connectivity index (χ3n) is 6.19. The van der Waals surface area contributed by atoms with Crippen LogP contribution in [-0.4, -0.2) is 49.2 Å². The second-order valence-corrected chi connectivity index (χ2v) is 8.18. The first kappa shape index (κ1) is 19.0. The van der Waals surface area contributed by atoms with E-state index in [0.29, 0.717) is 6.17 Å². The molecule has 1 aromatic heterocycles. The fourth-order valence-electron chi connectivity index (χ4n) is 4.52. The smallest absolute Gasteiger partial charge is 0.133 e. The predicted molar refractivity (Wildman–Crippen MR) is 121 cm³/mol. The molecule has 3 heterocycles. The van der Waals surface area contributed by atoms with Crippen molar-refractivity contribution < 1.29 is 4.42 Å². The number of nitrogens with one attached hydrogen (secondary N) is 1. The maximum absolute atomic E-state index is 5.47. The molecular formula is C26H27N3O. The lowest BCUT2D eigenvalue weighted by atomic mass is 9.99. The Hall–Kier alpha value is -3.00. The molecule has 1 unspecified atom stereocenters. The molecule has 0 saturated carbocycles. The third kappa shape index (κ3) is 4.00. The van der Waals surface area contributed by atoms with E-state index in [4.69, 9.17) is 4.42 Å². The monoisotopic (exact) mass is 397 g/mol. The summed E-state index contributed by atoms with van der Waals surface area (Å²) in [7, 11) is 2.23. The van der Waals surface area contributed by atoms with Gasteiger partial charge in [-0.3, -0.25) is 10.2 Å². The lowest BCUT2D eigenvalue weighted by Crippen LogP contribution is -2.53.